The number of aliphatic hydroxyl groups excluding tert-OH is 5. The maximum absolute atomic E-state index is 12.8. The van der Waals surface area contributed by atoms with Crippen molar-refractivity contribution in [1.29, 1.82) is 0 Å². The molecule has 6 N–H and O–H groups in total. The fourth-order valence-electron chi connectivity index (χ4n) is 5.88. The van der Waals surface area contributed by atoms with Crippen molar-refractivity contribution in [1.82, 2.24) is 5.32 Å². The minimum atomic E-state index is -1.57. The maximum atomic E-state index is 12.8. The second kappa shape index (κ2) is 29.6. The van der Waals surface area contributed by atoms with Gasteiger partial charge in [0.2, 0.25) is 5.91 Å². The summed E-state index contributed by atoms with van der Waals surface area (Å²) >= 11 is 0. The molecule has 0 spiro atoms. The van der Waals surface area contributed by atoms with E-state index in [4.69, 9.17) is 9.47 Å². The highest BCUT2D eigenvalue weighted by atomic mass is 16.7. The summed E-state index contributed by atoms with van der Waals surface area (Å²) in [6, 6.07) is -0.813. The fourth-order valence-corrected chi connectivity index (χ4v) is 5.88. The summed E-state index contributed by atoms with van der Waals surface area (Å²) in [5.74, 6) is -0.191. The van der Waals surface area contributed by atoms with Crippen LogP contribution in [0.3, 0.4) is 0 Å². The molecule has 1 saturated heterocycles. The third kappa shape index (κ3) is 21.4. The van der Waals surface area contributed by atoms with Crippen molar-refractivity contribution in [2.75, 3.05) is 13.2 Å². The zero-order valence-electron chi connectivity index (χ0n) is 29.8. The molecule has 9 nitrogen and oxygen atoms in total. The Bertz CT molecular complexity index is 792. The lowest BCUT2D eigenvalue weighted by atomic mass is 9.99. The van der Waals surface area contributed by atoms with Crippen molar-refractivity contribution in [3.8, 4) is 0 Å². The molecule has 0 aromatic rings. The number of rotatable bonds is 30. The summed E-state index contributed by atoms with van der Waals surface area (Å²) < 4.78 is 11.1. The van der Waals surface area contributed by atoms with Gasteiger partial charge in [0.25, 0.3) is 0 Å². The fraction of sp³-hybridized carbons (Fsp3) is 0.868. The molecule has 0 aromatic carbocycles. The number of hydrogen-bond acceptors (Lipinski definition) is 8. The van der Waals surface area contributed by atoms with Crippen LogP contribution >= 0.6 is 0 Å². The van der Waals surface area contributed by atoms with E-state index in [1.165, 1.54) is 96.3 Å². The van der Waals surface area contributed by atoms with Crippen LogP contribution in [0.4, 0.5) is 0 Å². The maximum Gasteiger partial charge on any atom is 0.220 e. The molecule has 0 bridgehead atoms. The molecule has 1 aliphatic rings. The Morgan fingerprint density at radius 1 is 0.702 bits per heavy atom. The quantitative estimate of drug-likeness (QED) is 0.0381. The van der Waals surface area contributed by atoms with Crippen LogP contribution in [0.5, 0.6) is 0 Å². The zero-order chi connectivity index (χ0) is 34.5. The number of ether oxygens (including phenoxy) is 2. The Labute approximate surface area is 286 Å². The molecule has 1 fully saturated rings. The van der Waals surface area contributed by atoms with E-state index in [2.05, 4.69) is 31.3 Å². The third-order valence-corrected chi connectivity index (χ3v) is 9.03. The number of nitrogens with one attached hydrogen (secondary N) is 1. The van der Waals surface area contributed by atoms with Gasteiger partial charge in [-0.1, -0.05) is 141 Å². The molecule has 9 heteroatoms. The molecule has 0 aliphatic carbocycles. The number of aliphatic hydroxyl groups is 5. The largest absolute Gasteiger partial charge is 0.394 e. The van der Waals surface area contributed by atoms with Crippen molar-refractivity contribution < 1.29 is 39.8 Å². The molecule has 7 atom stereocenters. The first-order valence-electron chi connectivity index (χ1n) is 19.1. The van der Waals surface area contributed by atoms with Crippen LogP contribution in [0, 0.1) is 0 Å². The Balaban J connectivity index is 2.50. The van der Waals surface area contributed by atoms with Crippen LogP contribution in [0.1, 0.15) is 155 Å². The molecule has 0 aromatic heterocycles. The average molecular weight is 670 g/mol. The number of hydrogen-bond donors (Lipinski definition) is 6. The van der Waals surface area contributed by atoms with Crippen LogP contribution in [-0.4, -0.2) is 87.5 Å². The molecule has 1 aliphatic heterocycles. The lowest BCUT2D eigenvalue weighted by molar-refractivity contribution is -0.302. The van der Waals surface area contributed by atoms with Crippen molar-refractivity contribution in [3.63, 3.8) is 0 Å². The van der Waals surface area contributed by atoms with Gasteiger partial charge in [-0.15, -0.1) is 0 Å². The van der Waals surface area contributed by atoms with E-state index < -0.39 is 49.5 Å². The standard InChI is InChI=1S/C38H71NO8/c1-3-5-7-9-11-13-15-16-17-18-19-21-23-25-27-32(41)31(30-46-38-37(45)36(44)35(43)33(29-40)47-38)39-34(42)28-26-24-22-20-14-12-10-8-6-4-2/h18-19,25,27,31-33,35-38,40-41,43-45H,3-17,20-24,26,28-30H2,1-2H3,(H,39,42)/b19-18+,27-25+/t31-,32+,33+,35+,36?,37?,38+/m0/s1. The monoisotopic (exact) mass is 670 g/mol. The van der Waals surface area contributed by atoms with Crippen molar-refractivity contribution in [2.45, 2.75) is 198 Å². The number of carbonyl (C=O) groups excluding carboxylic acids is 1. The van der Waals surface area contributed by atoms with E-state index in [0.29, 0.717) is 6.42 Å². The number of carbonyl (C=O) groups is 1. The van der Waals surface area contributed by atoms with Gasteiger partial charge < -0.3 is 40.3 Å². The molecular weight excluding hydrogens is 598 g/mol. The van der Waals surface area contributed by atoms with Crippen molar-refractivity contribution in [3.05, 3.63) is 24.3 Å². The van der Waals surface area contributed by atoms with Crippen LogP contribution in [0.2, 0.25) is 0 Å². The summed E-state index contributed by atoms with van der Waals surface area (Å²) in [7, 11) is 0. The Morgan fingerprint density at radius 2 is 1.21 bits per heavy atom. The highest BCUT2D eigenvalue weighted by molar-refractivity contribution is 5.76. The number of unbranched alkanes of at least 4 members (excludes halogenated alkanes) is 18. The molecule has 2 unspecified atom stereocenters. The average Bonchev–Trinajstić information content (AvgIpc) is 3.07. The van der Waals surface area contributed by atoms with Crippen LogP contribution in [0.25, 0.3) is 0 Å². The Hall–Kier alpha value is -1.33. The van der Waals surface area contributed by atoms with E-state index >= 15 is 0 Å². The molecule has 0 radical (unpaired) electrons. The molecule has 1 rings (SSSR count). The molecular formula is C38H71NO8. The van der Waals surface area contributed by atoms with Gasteiger partial charge in [-0.25, -0.2) is 0 Å². The van der Waals surface area contributed by atoms with Crippen LogP contribution in [0.15, 0.2) is 24.3 Å². The summed E-state index contributed by atoms with van der Waals surface area (Å²) in [5, 5.41) is 53.8. The van der Waals surface area contributed by atoms with E-state index in [9.17, 15) is 30.3 Å². The smallest absolute Gasteiger partial charge is 0.220 e. The lowest BCUT2D eigenvalue weighted by Crippen LogP contribution is -2.60. The van der Waals surface area contributed by atoms with Gasteiger partial charge in [0.05, 0.1) is 25.4 Å². The van der Waals surface area contributed by atoms with Crippen LogP contribution < -0.4 is 5.32 Å². The molecule has 1 heterocycles. The summed E-state index contributed by atoms with van der Waals surface area (Å²) in [5.41, 5.74) is 0. The van der Waals surface area contributed by atoms with Gasteiger partial charge in [0.15, 0.2) is 6.29 Å². The summed E-state index contributed by atoms with van der Waals surface area (Å²) in [6.45, 7) is 3.70. The molecule has 47 heavy (non-hydrogen) atoms. The molecule has 0 saturated carbocycles. The van der Waals surface area contributed by atoms with E-state index in [1.807, 2.05) is 6.08 Å². The third-order valence-electron chi connectivity index (χ3n) is 9.03. The number of amides is 1. The second-order valence-electron chi connectivity index (χ2n) is 13.4. The van der Waals surface area contributed by atoms with Gasteiger partial charge in [0.1, 0.15) is 24.4 Å². The summed E-state index contributed by atoms with van der Waals surface area (Å²) in [4.78, 5) is 12.8. The van der Waals surface area contributed by atoms with Crippen molar-refractivity contribution >= 4 is 5.91 Å². The first-order chi connectivity index (χ1) is 22.8. The predicted octanol–water partition coefficient (Wildman–Crippen LogP) is 6.38. The van der Waals surface area contributed by atoms with Gasteiger partial charge in [-0.2, -0.15) is 0 Å². The van der Waals surface area contributed by atoms with E-state index in [-0.39, 0.29) is 12.5 Å². The Morgan fingerprint density at radius 3 is 1.79 bits per heavy atom. The predicted molar refractivity (Wildman–Crippen MR) is 189 cm³/mol. The first-order valence-corrected chi connectivity index (χ1v) is 19.1. The minimum Gasteiger partial charge on any atom is -0.394 e. The lowest BCUT2D eigenvalue weighted by Gasteiger charge is -2.40. The SMILES string of the molecule is CCCCCCCCCC/C=C/CC/C=C/[C@@H](O)[C@H](CO[C@@H]1O[C@H](CO)[C@@H](O)C(O)C1O)NC(=O)CCCCCCCCCCCC. The zero-order valence-corrected chi connectivity index (χ0v) is 29.8. The van der Waals surface area contributed by atoms with Gasteiger partial charge >= 0.3 is 0 Å². The minimum absolute atomic E-state index is 0.191. The van der Waals surface area contributed by atoms with Crippen LogP contribution in [-0.2, 0) is 14.3 Å². The van der Waals surface area contributed by atoms with Crippen molar-refractivity contribution in [2.24, 2.45) is 0 Å². The summed E-state index contributed by atoms with van der Waals surface area (Å²) in [6.07, 6.45) is 25.1. The molecule has 276 valence electrons. The Kier molecular flexibility index (Phi) is 27.5. The van der Waals surface area contributed by atoms with E-state index in [0.717, 1.165) is 38.5 Å². The van der Waals surface area contributed by atoms with Gasteiger partial charge in [-0.05, 0) is 32.1 Å². The normalized spacial score (nSPS) is 23.1. The number of allylic oxidation sites excluding steroid dienone is 3. The highest BCUT2D eigenvalue weighted by Crippen LogP contribution is 2.22. The second-order valence-corrected chi connectivity index (χ2v) is 13.4. The van der Waals surface area contributed by atoms with E-state index in [1.54, 1.807) is 6.08 Å². The molecule has 1 amide bonds. The topological polar surface area (TPSA) is 149 Å². The highest BCUT2D eigenvalue weighted by Gasteiger charge is 2.44. The van der Waals surface area contributed by atoms with Gasteiger partial charge in [-0.3, -0.25) is 4.79 Å². The first kappa shape index (κ1) is 43.7. The van der Waals surface area contributed by atoms with Gasteiger partial charge in [0, 0.05) is 6.42 Å².